The molecule has 0 spiro atoms. The van der Waals surface area contributed by atoms with Gasteiger partial charge in [0.15, 0.2) is 0 Å². The Labute approximate surface area is 192 Å². The van der Waals surface area contributed by atoms with Crippen LogP contribution in [0.4, 0.5) is 11.4 Å². The Hall–Kier alpha value is -3.13. The Kier molecular flexibility index (Phi) is 11.0. The fourth-order valence-electron chi connectivity index (χ4n) is 3.73. The summed E-state index contributed by atoms with van der Waals surface area (Å²) in [4.78, 5) is 12.8. The van der Waals surface area contributed by atoms with Crippen molar-refractivity contribution in [3.8, 4) is 6.07 Å². The molecule has 0 bridgehead atoms. The van der Waals surface area contributed by atoms with E-state index in [9.17, 15) is 15.4 Å². The number of nitrogens with zero attached hydrogens (tertiary/aromatic N) is 3. The molecule has 0 unspecified atom stereocenters. The first-order valence-corrected chi connectivity index (χ1v) is 11.8. The van der Waals surface area contributed by atoms with Crippen molar-refractivity contribution in [1.29, 1.82) is 5.26 Å². The number of hydrogen-bond donors (Lipinski definition) is 0. The lowest BCUT2D eigenvalue weighted by Crippen LogP contribution is -2.26. The lowest BCUT2D eigenvalue weighted by Gasteiger charge is -2.26. The molecule has 0 aliphatic carbocycles. The van der Waals surface area contributed by atoms with Gasteiger partial charge in [0, 0.05) is 25.2 Å². The minimum atomic E-state index is -0.401. The molecule has 32 heavy (non-hydrogen) atoms. The van der Waals surface area contributed by atoms with Crippen molar-refractivity contribution < 1.29 is 4.92 Å². The van der Waals surface area contributed by atoms with Gasteiger partial charge in [-0.2, -0.15) is 5.26 Å². The molecule has 2 aromatic rings. The van der Waals surface area contributed by atoms with Crippen LogP contribution in [0.5, 0.6) is 0 Å². The average molecular weight is 434 g/mol. The zero-order valence-electron chi connectivity index (χ0n) is 19.4. The van der Waals surface area contributed by atoms with E-state index in [4.69, 9.17) is 0 Å². The first-order chi connectivity index (χ1) is 15.6. The van der Waals surface area contributed by atoms with E-state index in [2.05, 4.69) is 30.9 Å². The van der Waals surface area contributed by atoms with E-state index in [0.29, 0.717) is 5.56 Å². The number of non-ortho nitro benzene ring substituents is 1. The van der Waals surface area contributed by atoms with Crippen LogP contribution >= 0.6 is 0 Å². The molecular formula is C27H35N3O2. The van der Waals surface area contributed by atoms with E-state index in [1.54, 1.807) is 12.1 Å². The average Bonchev–Trinajstić information content (AvgIpc) is 2.82. The molecule has 2 rings (SSSR count). The van der Waals surface area contributed by atoms with Gasteiger partial charge in [-0.3, -0.25) is 10.1 Å². The van der Waals surface area contributed by atoms with Crippen LogP contribution in [-0.2, 0) is 0 Å². The third kappa shape index (κ3) is 8.19. The van der Waals surface area contributed by atoms with Gasteiger partial charge >= 0.3 is 0 Å². The van der Waals surface area contributed by atoms with E-state index in [1.807, 2.05) is 24.3 Å². The van der Waals surface area contributed by atoms with Gasteiger partial charge in [-0.25, -0.2) is 0 Å². The topological polar surface area (TPSA) is 70.2 Å². The van der Waals surface area contributed by atoms with E-state index in [1.165, 1.54) is 50.7 Å². The second-order valence-electron chi connectivity index (χ2n) is 8.18. The highest BCUT2D eigenvalue weighted by atomic mass is 16.6. The van der Waals surface area contributed by atoms with Gasteiger partial charge in [-0.05, 0) is 48.2 Å². The smallest absolute Gasteiger partial charge is 0.269 e. The molecule has 0 saturated heterocycles. The Morgan fingerprint density at radius 3 is 1.97 bits per heavy atom. The van der Waals surface area contributed by atoms with Crippen molar-refractivity contribution in [3.05, 3.63) is 69.3 Å². The number of unbranched alkanes of at least 4 members (excludes halogenated alkanes) is 6. The van der Waals surface area contributed by atoms with Crippen molar-refractivity contribution >= 4 is 23.5 Å². The largest absolute Gasteiger partial charge is 0.370 e. The number of anilines is 1. The van der Waals surface area contributed by atoms with Crippen LogP contribution in [0, 0.1) is 21.4 Å². The molecule has 0 atom stereocenters. The van der Waals surface area contributed by atoms with Gasteiger partial charge in [-0.1, -0.05) is 70.6 Å². The molecule has 2 aromatic carbocycles. The van der Waals surface area contributed by atoms with Crippen molar-refractivity contribution in [2.45, 2.75) is 65.2 Å². The summed E-state index contributed by atoms with van der Waals surface area (Å²) < 4.78 is 0. The summed E-state index contributed by atoms with van der Waals surface area (Å²) in [5, 5.41) is 20.6. The molecule has 0 saturated carbocycles. The van der Waals surface area contributed by atoms with Crippen molar-refractivity contribution in [1.82, 2.24) is 0 Å². The van der Waals surface area contributed by atoms with Crippen LogP contribution in [-0.4, -0.2) is 18.0 Å². The van der Waals surface area contributed by atoms with E-state index < -0.39 is 4.92 Å². The zero-order chi connectivity index (χ0) is 23.2. The lowest BCUT2D eigenvalue weighted by molar-refractivity contribution is -0.384. The third-order valence-electron chi connectivity index (χ3n) is 5.62. The molecule has 0 fully saturated rings. The van der Waals surface area contributed by atoms with Crippen molar-refractivity contribution in [2.24, 2.45) is 0 Å². The van der Waals surface area contributed by atoms with Gasteiger partial charge < -0.3 is 4.90 Å². The van der Waals surface area contributed by atoms with Gasteiger partial charge in [0.1, 0.15) is 6.07 Å². The third-order valence-corrected chi connectivity index (χ3v) is 5.62. The molecule has 0 radical (unpaired) electrons. The zero-order valence-corrected chi connectivity index (χ0v) is 19.4. The maximum atomic E-state index is 10.8. The van der Waals surface area contributed by atoms with E-state index in [-0.39, 0.29) is 5.69 Å². The minimum Gasteiger partial charge on any atom is -0.370 e. The highest BCUT2D eigenvalue weighted by molar-refractivity contribution is 5.73. The quantitative estimate of drug-likeness (QED) is 0.133. The maximum Gasteiger partial charge on any atom is 0.269 e. The Bertz CT molecular complexity index is 901. The molecule has 0 heterocycles. The second kappa shape index (κ2) is 14.0. The molecule has 5 heteroatoms. The predicted molar refractivity (Wildman–Crippen MR) is 134 cm³/mol. The summed E-state index contributed by atoms with van der Waals surface area (Å²) in [5.74, 6) is 0. The summed E-state index contributed by atoms with van der Waals surface area (Å²) in [6, 6.07) is 14.9. The number of benzene rings is 2. The number of nitro groups is 1. The molecule has 170 valence electrons. The van der Waals surface area contributed by atoms with Crippen LogP contribution < -0.4 is 4.90 Å². The molecule has 0 aromatic heterocycles. The van der Waals surface area contributed by atoms with Crippen LogP contribution in [0.2, 0.25) is 0 Å². The number of nitriles is 1. The summed E-state index contributed by atoms with van der Waals surface area (Å²) in [6.45, 7) is 6.41. The van der Waals surface area contributed by atoms with Crippen molar-refractivity contribution in [2.75, 3.05) is 18.0 Å². The first kappa shape index (κ1) is 25.1. The predicted octanol–water partition coefficient (Wildman–Crippen LogP) is 7.60. The molecule has 0 aliphatic heterocycles. The summed E-state index contributed by atoms with van der Waals surface area (Å²) in [5.41, 5.74) is 3.62. The number of rotatable bonds is 14. The maximum absolute atomic E-state index is 10.8. The van der Waals surface area contributed by atoms with E-state index in [0.717, 1.165) is 42.7 Å². The molecule has 0 amide bonds. The highest BCUT2D eigenvalue weighted by Gasteiger charge is 2.12. The number of hydrogen-bond acceptors (Lipinski definition) is 4. The summed E-state index contributed by atoms with van der Waals surface area (Å²) in [7, 11) is 0. The second-order valence-corrected chi connectivity index (χ2v) is 8.18. The van der Waals surface area contributed by atoms with E-state index >= 15 is 0 Å². The van der Waals surface area contributed by atoms with Crippen LogP contribution in [0.25, 0.3) is 12.2 Å². The summed E-state index contributed by atoms with van der Waals surface area (Å²) >= 11 is 0. The van der Waals surface area contributed by atoms with Gasteiger partial charge in [0.05, 0.1) is 16.2 Å². The highest BCUT2D eigenvalue weighted by Crippen LogP contribution is 2.24. The molecular weight excluding hydrogens is 398 g/mol. The standard InChI is InChI=1S/C27H35N3O2/c1-3-5-7-9-19-29(20-10-8-6-4-2)27-18-15-24(21-25(27)22-28)12-11-23-13-16-26(17-14-23)30(31)32/h11-18,21H,3-10,19-20H2,1-2H3. The Morgan fingerprint density at radius 2 is 1.44 bits per heavy atom. The minimum absolute atomic E-state index is 0.0798. The number of nitro benzene ring substituents is 1. The van der Waals surface area contributed by atoms with Crippen LogP contribution in [0.1, 0.15) is 81.9 Å². The Morgan fingerprint density at radius 1 is 0.875 bits per heavy atom. The Balaban J connectivity index is 2.14. The summed E-state index contributed by atoms with van der Waals surface area (Å²) in [6.07, 6.45) is 13.5. The normalized spacial score (nSPS) is 10.9. The first-order valence-electron chi connectivity index (χ1n) is 11.8. The van der Waals surface area contributed by atoms with Crippen LogP contribution in [0.3, 0.4) is 0 Å². The monoisotopic (exact) mass is 433 g/mol. The van der Waals surface area contributed by atoms with Crippen molar-refractivity contribution in [3.63, 3.8) is 0 Å². The van der Waals surface area contributed by atoms with Gasteiger partial charge in [0.25, 0.3) is 5.69 Å². The van der Waals surface area contributed by atoms with Crippen LogP contribution in [0.15, 0.2) is 42.5 Å². The van der Waals surface area contributed by atoms with Gasteiger partial charge in [0.2, 0.25) is 0 Å². The molecule has 0 aliphatic rings. The SMILES string of the molecule is CCCCCCN(CCCCCC)c1ccc(C=Cc2ccc([N+](=O)[O-])cc2)cc1C#N. The van der Waals surface area contributed by atoms with Gasteiger partial charge in [-0.15, -0.1) is 0 Å². The molecule has 5 nitrogen and oxygen atoms in total. The lowest BCUT2D eigenvalue weighted by atomic mass is 10.1. The fourth-order valence-corrected chi connectivity index (χ4v) is 3.73. The fraction of sp³-hybridized carbons (Fsp3) is 0.444. The molecule has 0 N–H and O–H groups in total.